The summed E-state index contributed by atoms with van der Waals surface area (Å²) in [7, 11) is 0. The first-order valence-corrected chi connectivity index (χ1v) is 8.25. The molecule has 0 aromatic heterocycles. The van der Waals surface area contributed by atoms with E-state index in [1.807, 2.05) is 6.07 Å². The predicted octanol–water partition coefficient (Wildman–Crippen LogP) is 4.37. The van der Waals surface area contributed by atoms with Gasteiger partial charge in [-0.25, -0.2) is 4.39 Å². The van der Waals surface area contributed by atoms with Crippen molar-refractivity contribution in [2.45, 2.75) is 46.6 Å². The molecule has 1 aliphatic rings. The maximum absolute atomic E-state index is 14.4. The van der Waals surface area contributed by atoms with E-state index >= 15 is 0 Å². The summed E-state index contributed by atoms with van der Waals surface area (Å²) in [5, 5.41) is 3.45. The quantitative estimate of drug-likeness (QED) is 0.867. The van der Waals surface area contributed by atoms with E-state index in [1.165, 1.54) is 0 Å². The molecule has 118 valence electrons. The van der Waals surface area contributed by atoms with Crippen LogP contribution in [-0.4, -0.2) is 19.6 Å². The van der Waals surface area contributed by atoms with Crippen molar-refractivity contribution >= 4 is 5.69 Å². The highest BCUT2D eigenvalue weighted by molar-refractivity contribution is 5.50. The molecule has 0 unspecified atom stereocenters. The van der Waals surface area contributed by atoms with Gasteiger partial charge in [0.25, 0.3) is 0 Å². The minimum Gasteiger partial charge on any atom is -0.369 e. The lowest BCUT2D eigenvalue weighted by Crippen LogP contribution is -2.33. The molecular weight excluding hydrogens is 263 g/mol. The highest BCUT2D eigenvalue weighted by Crippen LogP contribution is 2.27. The molecule has 0 amide bonds. The number of nitrogens with zero attached hydrogens (tertiary/aromatic N) is 1. The van der Waals surface area contributed by atoms with Gasteiger partial charge < -0.3 is 10.2 Å². The van der Waals surface area contributed by atoms with Crippen LogP contribution in [0.5, 0.6) is 0 Å². The third-order valence-corrected chi connectivity index (χ3v) is 4.43. The molecule has 1 aliphatic heterocycles. The van der Waals surface area contributed by atoms with Crippen molar-refractivity contribution in [1.29, 1.82) is 0 Å². The molecule has 3 heteroatoms. The van der Waals surface area contributed by atoms with Gasteiger partial charge in [0.2, 0.25) is 0 Å². The van der Waals surface area contributed by atoms with Crippen molar-refractivity contribution in [3.8, 4) is 0 Å². The van der Waals surface area contributed by atoms with Crippen LogP contribution >= 0.6 is 0 Å². The van der Waals surface area contributed by atoms with Crippen LogP contribution in [0, 0.1) is 17.7 Å². The molecular formula is C18H29FN2. The largest absolute Gasteiger partial charge is 0.369 e. The van der Waals surface area contributed by atoms with Crippen LogP contribution < -0.4 is 10.2 Å². The summed E-state index contributed by atoms with van der Waals surface area (Å²) in [6, 6.07) is 5.91. The van der Waals surface area contributed by atoms with Gasteiger partial charge in [0, 0.05) is 19.1 Å². The number of piperidine rings is 1. The van der Waals surface area contributed by atoms with Gasteiger partial charge in [0.05, 0.1) is 5.69 Å². The zero-order valence-corrected chi connectivity index (χ0v) is 13.8. The fourth-order valence-electron chi connectivity index (χ4n) is 2.83. The van der Waals surface area contributed by atoms with E-state index < -0.39 is 0 Å². The topological polar surface area (TPSA) is 15.3 Å². The molecule has 0 saturated carbocycles. The van der Waals surface area contributed by atoms with Gasteiger partial charge in [-0.2, -0.15) is 0 Å². The highest BCUT2D eigenvalue weighted by Gasteiger charge is 2.19. The van der Waals surface area contributed by atoms with Crippen molar-refractivity contribution in [1.82, 2.24) is 5.32 Å². The average Bonchev–Trinajstić information content (AvgIpc) is 2.45. The number of hydrogen-bond donors (Lipinski definition) is 1. The minimum atomic E-state index is -0.0831. The first-order chi connectivity index (χ1) is 9.97. The zero-order chi connectivity index (χ0) is 15.4. The van der Waals surface area contributed by atoms with Crippen LogP contribution in [0.25, 0.3) is 0 Å². The van der Waals surface area contributed by atoms with E-state index in [4.69, 9.17) is 0 Å². The average molecular weight is 292 g/mol. The molecule has 1 heterocycles. The maximum Gasteiger partial charge on any atom is 0.146 e. The van der Waals surface area contributed by atoms with E-state index in [0.717, 1.165) is 49.6 Å². The minimum absolute atomic E-state index is 0.0831. The summed E-state index contributed by atoms with van der Waals surface area (Å²) in [6.45, 7) is 11.6. The second-order valence-corrected chi connectivity index (χ2v) is 6.90. The molecule has 1 aromatic carbocycles. The molecule has 0 aliphatic carbocycles. The lowest BCUT2D eigenvalue weighted by Gasteiger charge is -2.32. The number of hydrogen-bond acceptors (Lipinski definition) is 2. The number of rotatable bonds is 5. The number of anilines is 1. The van der Waals surface area contributed by atoms with Crippen LogP contribution in [0.4, 0.5) is 10.1 Å². The third-order valence-electron chi connectivity index (χ3n) is 4.43. The van der Waals surface area contributed by atoms with Crippen molar-refractivity contribution in [3.05, 3.63) is 29.6 Å². The molecule has 1 saturated heterocycles. The van der Waals surface area contributed by atoms with Crippen LogP contribution in [0.2, 0.25) is 0 Å². The number of benzene rings is 1. The standard InChI is InChI=1S/C18H29FN2/c1-13(2)12-20-15(4)16-5-6-18(17(19)11-16)21-9-7-14(3)8-10-21/h5-6,11,13-15,20H,7-10,12H2,1-4H3/t15-/m1/s1. The summed E-state index contributed by atoms with van der Waals surface area (Å²) in [6.07, 6.45) is 2.32. The van der Waals surface area contributed by atoms with Gasteiger partial charge in [-0.3, -0.25) is 0 Å². The number of halogens is 1. The van der Waals surface area contributed by atoms with Crippen molar-refractivity contribution in [2.24, 2.45) is 11.8 Å². The molecule has 1 aromatic rings. The summed E-state index contributed by atoms with van der Waals surface area (Å²) in [5.74, 6) is 1.29. The van der Waals surface area contributed by atoms with Crippen LogP contribution in [0.1, 0.15) is 52.1 Å². The van der Waals surface area contributed by atoms with Gasteiger partial charge in [-0.05, 0) is 55.8 Å². The van der Waals surface area contributed by atoms with Crippen molar-refractivity contribution in [2.75, 3.05) is 24.5 Å². The molecule has 1 fully saturated rings. The molecule has 1 N–H and O–H groups in total. The van der Waals surface area contributed by atoms with Crippen LogP contribution in [0.3, 0.4) is 0 Å². The second-order valence-electron chi connectivity index (χ2n) is 6.90. The Balaban J connectivity index is 2.03. The van der Waals surface area contributed by atoms with Gasteiger partial charge in [-0.1, -0.05) is 26.8 Å². The third kappa shape index (κ3) is 4.44. The van der Waals surface area contributed by atoms with E-state index in [-0.39, 0.29) is 11.9 Å². The van der Waals surface area contributed by atoms with Gasteiger partial charge in [0.1, 0.15) is 5.82 Å². The Labute approximate surface area is 128 Å². The molecule has 0 radical (unpaired) electrons. The highest BCUT2D eigenvalue weighted by atomic mass is 19.1. The van der Waals surface area contributed by atoms with Crippen LogP contribution in [-0.2, 0) is 0 Å². The monoisotopic (exact) mass is 292 g/mol. The summed E-state index contributed by atoms with van der Waals surface area (Å²) in [5.41, 5.74) is 1.80. The Kier molecular flexibility index (Phi) is 5.63. The summed E-state index contributed by atoms with van der Waals surface area (Å²) < 4.78 is 14.4. The molecule has 21 heavy (non-hydrogen) atoms. The Morgan fingerprint density at radius 1 is 1.24 bits per heavy atom. The SMILES string of the molecule is CC(C)CN[C@H](C)c1ccc(N2CCC(C)CC2)c(F)c1. The van der Waals surface area contributed by atoms with E-state index in [2.05, 4.69) is 44.0 Å². The Hall–Kier alpha value is -1.09. The molecule has 0 spiro atoms. The normalized spacial score (nSPS) is 18.3. The molecule has 2 nitrogen and oxygen atoms in total. The van der Waals surface area contributed by atoms with Gasteiger partial charge in [0.15, 0.2) is 0 Å². The Morgan fingerprint density at radius 3 is 2.48 bits per heavy atom. The summed E-state index contributed by atoms with van der Waals surface area (Å²) in [4.78, 5) is 2.19. The lowest BCUT2D eigenvalue weighted by atomic mass is 9.98. The predicted molar refractivity (Wildman–Crippen MR) is 88.3 cm³/mol. The molecule has 2 rings (SSSR count). The fourth-order valence-corrected chi connectivity index (χ4v) is 2.83. The first-order valence-electron chi connectivity index (χ1n) is 8.25. The molecule has 0 bridgehead atoms. The Morgan fingerprint density at radius 2 is 1.90 bits per heavy atom. The Bertz CT molecular complexity index is 451. The van der Waals surface area contributed by atoms with Crippen LogP contribution in [0.15, 0.2) is 18.2 Å². The zero-order valence-electron chi connectivity index (χ0n) is 13.8. The fraction of sp³-hybridized carbons (Fsp3) is 0.667. The van der Waals surface area contributed by atoms with Gasteiger partial charge in [-0.15, -0.1) is 0 Å². The smallest absolute Gasteiger partial charge is 0.146 e. The van der Waals surface area contributed by atoms with Gasteiger partial charge >= 0.3 is 0 Å². The number of nitrogens with one attached hydrogen (secondary N) is 1. The first kappa shape index (κ1) is 16.3. The van der Waals surface area contributed by atoms with Crippen molar-refractivity contribution < 1.29 is 4.39 Å². The van der Waals surface area contributed by atoms with E-state index in [1.54, 1.807) is 6.07 Å². The summed E-state index contributed by atoms with van der Waals surface area (Å²) >= 11 is 0. The lowest BCUT2D eigenvalue weighted by molar-refractivity contribution is 0.434. The van der Waals surface area contributed by atoms with E-state index in [0.29, 0.717) is 5.92 Å². The molecule has 1 atom stereocenters. The van der Waals surface area contributed by atoms with Crippen molar-refractivity contribution in [3.63, 3.8) is 0 Å². The maximum atomic E-state index is 14.4. The van der Waals surface area contributed by atoms with E-state index in [9.17, 15) is 4.39 Å². The second kappa shape index (κ2) is 7.26.